The lowest BCUT2D eigenvalue weighted by molar-refractivity contribution is 0.291. The van der Waals surface area contributed by atoms with Crippen molar-refractivity contribution in [3.05, 3.63) is 42.0 Å². The van der Waals surface area contributed by atoms with Gasteiger partial charge in [-0.1, -0.05) is 0 Å². The third-order valence-corrected chi connectivity index (χ3v) is 3.66. The Morgan fingerprint density at radius 1 is 1.42 bits per heavy atom. The summed E-state index contributed by atoms with van der Waals surface area (Å²) in [7, 11) is 2.90. The molecule has 2 rings (SSSR count). The molecule has 1 aromatic heterocycles. The van der Waals surface area contributed by atoms with Crippen LogP contribution in [0.5, 0.6) is 5.75 Å². The summed E-state index contributed by atoms with van der Waals surface area (Å²) in [4.78, 5) is -0.398. The zero-order valence-electron chi connectivity index (χ0n) is 9.88. The molecular weight excluding hydrogens is 295 g/mol. The van der Waals surface area contributed by atoms with E-state index in [1.807, 2.05) is 0 Å². The van der Waals surface area contributed by atoms with Gasteiger partial charge >= 0.3 is 0 Å². The first-order chi connectivity index (χ1) is 8.86. The van der Waals surface area contributed by atoms with E-state index in [-0.39, 0.29) is 12.4 Å². The van der Waals surface area contributed by atoms with Gasteiger partial charge in [0.2, 0.25) is 0 Å². The summed E-state index contributed by atoms with van der Waals surface area (Å²) in [5.74, 6) is -0.716. The normalized spacial score (nSPS) is 11.5. The molecule has 0 amide bonds. The molecule has 0 N–H and O–H groups in total. The molecule has 0 bridgehead atoms. The molecule has 0 aliphatic carbocycles. The van der Waals surface area contributed by atoms with Crippen molar-refractivity contribution in [2.24, 2.45) is 7.05 Å². The van der Waals surface area contributed by atoms with Crippen LogP contribution >= 0.6 is 10.7 Å². The molecule has 0 spiro atoms. The van der Waals surface area contributed by atoms with Gasteiger partial charge in [0, 0.05) is 23.9 Å². The van der Waals surface area contributed by atoms with E-state index >= 15 is 0 Å². The Morgan fingerprint density at radius 2 is 2.16 bits per heavy atom. The molecule has 0 aliphatic rings. The number of hydrogen-bond acceptors (Lipinski definition) is 4. The van der Waals surface area contributed by atoms with Crippen molar-refractivity contribution in [3.8, 4) is 5.75 Å². The first kappa shape index (κ1) is 13.8. The highest BCUT2D eigenvalue weighted by Gasteiger charge is 2.18. The van der Waals surface area contributed by atoms with Crippen LogP contribution in [0.1, 0.15) is 5.69 Å². The monoisotopic (exact) mass is 304 g/mol. The van der Waals surface area contributed by atoms with Gasteiger partial charge in [-0.05, 0) is 24.3 Å². The summed E-state index contributed by atoms with van der Waals surface area (Å²) in [6, 6.07) is 4.85. The number of aromatic nitrogens is 2. The summed E-state index contributed by atoms with van der Waals surface area (Å²) >= 11 is 0. The number of rotatable bonds is 4. The molecule has 8 heteroatoms. The largest absolute Gasteiger partial charge is 0.486 e. The molecule has 0 aliphatic heterocycles. The Balaban J connectivity index is 2.25. The number of ether oxygens (including phenoxy) is 1. The van der Waals surface area contributed by atoms with Gasteiger partial charge in [-0.15, -0.1) is 0 Å². The van der Waals surface area contributed by atoms with Crippen LogP contribution < -0.4 is 4.74 Å². The van der Waals surface area contributed by atoms with Gasteiger partial charge in [-0.25, -0.2) is 12.8 Å². The molecule has 0 saturated carbocycles. The molecule has 0 atom stereocenters. The molecule has 1 heterocycles. The van der Waals surface area contributed by atoms with Crippen LogP contribution in [-0.2, 0) is 22.7 Å². The first-order valence-electron chi connectivity index (χ1n) is 5.22. The van der Waals surface area contributed by atoms with E-state index in [0.29, 0.717) is 5.69 Å². The summed E-state index contributed by atoms with van der Waals surface area (Å²) in [6.07, 6.45) is 1.72. The maximum absolute atomic E-state index is 13.0. The fourth-order valence-electron chi connectivity index (χ4n) is 1.48. The highest BCUT2D eigenvalue weighted by molar-refractivity contribution is 8.13. The Kier molecular flexibility index (Phi) is 3.77. The lowest BCUT2D eigenvalue weighted by Crippen LogP contribution is -2.02. The zero-order valence-corrected chi connectivity index (χ0v) is 11.4. The highest BCUT2D eigenvalue weighted by atomic mass is 35.7. The van der Waals surface area contributed by atoms with Crippen LogP contribution in [0.3, 0.4) is 0 Å². The van der Waals surface area contributed by atoms with Gasteiger partial charge in [0.05, 0.1) is 5.69 Å². The number of aryl methyl sites for hydroxylation is 1. The Morgan fingerprint density at radius 3 is 2.74 bits per heavy atom. The molecule has 19 heavy (non-hydrogen) atoms. The SMILES string of the molecule is Cn1ccc(COc2ccc(F)cc2S(=O)(=O)Cl)n1. The van der Waals surface area contributed by atoms with E-state index in [1.54, 1.807) is 24.0 Å². The average molecular weight is 305 g/mol. The molecule has 1 aromatic carbocycles. The summed E-state index contributed by atoms with van der Waals surface area (Å²) in [5.41, 5.74) is 0.616. The Bertz CT molecular complexity index is 700. The molecule has 0 saturated heterocycles. The van der Waals surface area contributed by atoms with Crippen LogP contribution in [0.15, 0.2) is 35.4 Å². The minimum atomic E-state index is -4.07. The fraction of sp³-hybridized carbons (Fsp3) is 0.182. The molecule has 2 aromatic rings. The van der Waals surface area contributed by atoms with Crippen molar-refractivity contribution in [2.45, 2.75) is 11.5 Å². The number of nitrogens with zero attached hydrogens (tertiary/aromatic N) is 2. The maximum atomic E-state index is 13.0. The van der Waals surface area contributed by atoms with Crippen molar-refractivity contribution in [2.75, 3.05) is 0 Å². The molecule has 0 radical (unpaired) electrons. The molecule has 0 unspecified atom stereocenters. The maximum Gasteiger partial charge on any atom is 0.265 e. The minimum absolute atomic E-state index is 0.0120. The van der Waals surface area contributed by atoms with Gasteiger partial charge in [0.25, 0.3) is 9.05 Å². The second kappa shape index (κ2) is 5.18. The third kappa shape index (κ3) is 3.45. The smallest absolute Gasteiger partial charge is 0.265 e. The van der Waals surface area contributed by atoms with Crippen LogP contribution in [0, 0.1) is 5.82 Å². The predicted octanol–water partition coefficient (Wildman–Crippen LogP) is 2.07. The van der Waals surface area contributed by atoms with E-state index < -0.39 is 19.8 Å². The van der Waals surface area contributed by atoms with Crippen LogP contribution in [0.4, 0.5) is 4.39 Å². The van der Waals surface area contributed by atoms with Gasteiger partial charge < -0.3 is 4.74 Å². The van der Waals surface area contributed by atoms with Gasteiger partial charge in [-0.3, -0.25) is 4.68 Å². The second-order valence-corrected chi connectivity index (χ2v) is 6.33. The van der Waals surface area contributed by atoms with Crippen LogP contribution in [0.2, 0.25) is 0 Å². The number of hydrogen-bond donors (Lipinski definition) is 0. The van der Waals surface area contributed by atoms with E-state index in [0.717, 1.165) is 12.1 Å². The Labute approximate surface area is 114 Å². The quantitative estimate of drug-likeness (QED) is 0.811. The van der Waals surface area contributed by atoms with Crippen LogP contribution in [0.25, 0.3) is 0 Å². The van der Waals surface area contributed by atoms with E-state index in [4.69, 9.17) is 15.4 Å². The molecule has 0 fully saturated rings. The fourth-order valence-corrected chi connectivity index (χ4v) is 2.47. The van der Waals surface area contributed by atoms with Crippen molar-refractivity contribution in [1.82, 2.24) is 9.78 Å². The van der Waals surface area contributed by atoms with Gasteiger partial charge in [0.1, 0.15) is 23.1 Å². The van der Waals surface area contributed by atoms with Crippen molar-refractivity contribution >= 4 is 19.7 Å². The lowest BCUT2D eigenvalue weighted by Gasteiger charge is -2.08. The zero-order chi connectivity index (χ0) is 14.0. The first-order valence-corrected chi connectivity index (χ1v) is 7.53. The van der Waals surface area contributed by atoms with Gasteiger partial charge in [-0.2, -0.15) is 5.10 Å². The van der Waals surface area contributed by atoms with Crippen molar-refractivity contribution in [3.63, 3.8) is 0 Å². The van der Waals surface area contributed by atoms with Crippen LogP contribution in [-0.4, -0.2) is 18.2 Å². The molecule has 5 nitrogen and oxygen atoms in total. The summed E-state index contributed by atoms with van der Waals surface area (Å²) in [5, 5.41) is 4.07. The molecular formula is C11H10ClFN2O3S. The van der Waals surface area contributed by atoms with E-state index in [1.165, 1.54) is 6.07 Å². The molecule has 102 valence electrons. The van der Waals surface area contributed by atoms with Crippen molar-refractivity contribution < 1.29 is 17.5 Å². The third-order valence-electron chi connectivity index (χ3n) is 2.31. The predicted molar refractivity (Wildman–Crippen MR) is 67.0 cm³/mol. The standard InChI is InChI=1S/C11H10ClFN2O3S/c1-15-5-4-9(14-15)7-18-10-3-2-8(13)6-11(10)19(12,16)17/h2-6H,7H2,1H3. The number of halogens is 2. The summed E-state index contributed by atoms with van der Waals surface area (Å²) < 4.78 is 42.6. The minimum Gasteiger partial charge on any atom is -0.486 e. The van der Waals surface area contributed by atoms with Gasteiger partial charge in [0.15, 0.2) is 0 Å². The topological polar surface area (TPSA) is 61.2 Å². The number of benzene rings is 1. The van der Waals surface area contributed by atoms with E-state index in [2.05, 4.69) is 5.10 Å². The highest BCUT2D eigenvalue weighted by Crippen LogP contribution is 2.28. The lowest BCUT2D eigenvalue weighted by atomic mass is 10.3. The van der Waals surface area contributed by atoms with Crippen molar-refractivity contribution in [1.29, 1.82) is 0 Å². The Hall–Kier alpha value is -1.60. The average Bonchev–Trinajstić information content (AvgIpc) is 2.72. The second-order valence-electron chi connectivity index (χ2n) is 3.80. The summed E-state index contributed by atoms with van der Waals surface area (Å²) in [6.45, 7) is 0.0614. The van der Waals surface area contributed by atoms with E-state index in [9.17, 15) is 12.8 Å².